The van der Waals surface area contributed by atoms with Crippen molar-refractivity contribution in [2.24, 2.45) is 0 Å². The Morgan fingerprint density at radius 3 is 2.71 bits per heavy atom. The van der Waals surface area contributed by atoms with E-state index >= 15 is 0 Å². The standard InChI is InChI=1S/C10H11ClO2S/c1-6-3-10(13-2)8(11)4-7(6)9(12)5-14/h3-4,14H,5H2,1-2H3. The molecule has 0 aliphatic heterocycles. The number of ether oxygens (including phenoxy) is 1. The average Bonchev–Trinajstić information content (AvgIpc) is 2.19. The second-order valence-electron chi connectivity index (χ2n) is 2.88. The summed E-state index contributed by atoms with van der Waals surface area (Å²) in [6, 6.07) is 3.37. The summed E-state index contributed by atoms with van der Waals surface area (Å²) < 4.78 is 5.03. The number of ketones is 1. The maximum absolute atomic E-state index is 11.4. The molecule has 1 aromatic rings. The fourth-order valence-electron chi connectivity index (χ4n) is 1.20. The summed E-state index contributed by atoms with van der Waals surface area (Å²) in [4.78, 5) is 11.4. The number of thiol groups is 1. The molecule has 2 nitrogen and oxygen atoms in total. The summed E-state index contributed by atoms with van der Waals surface area (Å²) in [6.45, 7) is 1.84. The number of carbonyl (C=O) groups is 1. The summed E-state index contributed by atoms with van der Waals surface area (Å²) in [6.07, 6.45) is 0. The van der Waals surface area contributed by atoms with E-state index in [1.165, 1.54) is 0 Å². The molecule has 14 heavy (non-hydrogen) atoms. The molecule has 0 heterocycles. The van der Waals surface area contributed by atoms with Crippen LogP contribution < -0.4 is 4.74 Å². The predicted octanol–water partition coefficient (Wildman–Crippen LogP) is 2.77. The molecule has 0 bridgehead atoms. The Labute approximate surface area is 93.6 Å². The van der Waals surface area contributed by atoms with Crippen LogP contribution in [0.5, 0.6) is 5.75 Å². The van der Waals surface area contributed by atoms with E-state index in [0.717, 1.165) is 5.56 Å². The van der Waals surface area contributed by atoms with Crippen molar-refractivity contribution in [3.05, 3.63) is 28.3 Å². The summed E-state index contributed by atoms with van der Waals surface area (Å²) in [7, 11) is 1.54. The molecule has 0 aromatic heterocycles. The van der Waals surface area contributed by atoms with Gasteiger partial charge in [0.05, 0.1) is 17.9 Å². The van der Waals surface area contributed by atoms with Gasteiger partial charge in [-0.25, -0.2) is 0 Å². The highest BCUT2D eigenvalue weighted by atomic mass is 35.5. The van der Waals surface area contributed by atoms with Gasteiger partial charge in [-0.05, 0) is 24.6 Å². The first kappa shape index (κ1) is 11.4. The minimum absolute atomic E-state index is 0.0320. The summed E-state index contributed by atoms with van der Waals surface area (Å²) >= 11 is 9.83. The van der Waals surface area contributed by atoms with Crippen molar-refractivity contribution in [2.75, 3.05) is 12.9 Å². The molecule has 76 valence electrons. The van der Waals surface area contributed by atoms with Crippen LogP contribution in [-0.2, 0) is 0 Å². The van der Waals surface area contributed by atoms with Crippen LogP contribution in [0.15, 0.2) is 12.1 Å². The lowest BCUT2D eigenvalue weighted by atomic mass is 10.1. The molecule has 0 amide bonds. The molecule has 0 aliphatic rings. The lowest BCUT2D eigenvalue weighted by molar-refractivity contribution is 0.102. The number of hydrogen-bond acceptors (Lipinski definition) is 3. The largest absolute Gasteiger partial charge is 0.495 e. The van der Waals surface area contributed by atoms with Gasteiger partial charge >= 0.3 is 0 Å². The highest BCUT2D eigenvalue weighted by molar-refractivity contribution is 7.81. The lowest BCUT2D eigenvalue weighted by Gasteiger charge is -2.08. The third kappa shape index (κ3) is 2.22. The van der Waals surface area contributed by atoms with Crippen LogP contribution in [0.1, 0.15) is 15.9 Å². The molecule has 0 radical (unpaired) electrons. The van der Waals surface area contributed by atoms with Crippen molar-refractivity contribution >= 4 is 30.0 Å². The van der Waals surface area contributed by atoms with Gasteiger partial charge in [0.25, 0.3) is 0 Å². The van der Waals surface area contributed by atoms with Gasteiger partial charge in [0, 0.05) is 5.56 Å². The molecule has 0 spiro atoms. The van der Waals surface area contributed by atoms with Gasteiger partial charge in [-0.15, -0.1) is 0 Å². The SMILES string of the molecule is COc1cc(C)c(C(=O)CS)cc1Cl. The highest BCUT2D eigenvalue weighted by Gasteiger charge is 2.11. The van der Waals surface area contributed by atoms with Gasteiger partial charge in [0.15, 0.2) is 5.78 Å². The summed E-state index contributed by atoms with van der Waals surface area (Å²) in [5.74, 6) is 0.735. The van der Waals surface area contributed by atoms with Crippen LogP contribution in [0.25, 0.3) is 0 Å². The Hall–Kier alpha value is -0.670. The number of aryl methyl sites for hydroxylation is 1. The van der Waals surface area contributed by atoms with Gasteiger partial charge in [0.2, 0.25) is 0 Å². The third-order valence-electron chi connectivity index (χ3n) is 1.94. The Bertz CT molecular complexity index is 363. The Balaban J connectivity index is 3.21. The number of benzene rings is 1. The Morgan fingerprint density at radius 1 is 1.57 bits per heavy atom. The maximum Gasteiger partial charge on any atom is 0.172 e. The van der Waals surface area contributed by atoms with Crippen LogP contribution in [0.2, 0.25) is 5.02 Å². The van der Waals surface area contributed by atoms with Crippen molar-refractivity contribution in [2.45, 2.75) is 6.92 Å². The number of Topliss-reactive ketones (excluding diaryl/α,β-unsaturated/α-hetero) is 1. The van der Waals surface area contributed by atoms with Crippen molar-refractivity contribution in [1.82, 2.24) is 0 Å². The molecule has 0 unspecified atom stereocenters. The molecule has 0 N–H and O–H groups in total. The Kier molecular flexibility index (Phi) is 3.84. The third-order valence-corrected chi connectivity index (χ3v) is 2.53. The second-order valence-corrected chi connectivity index (χ2v) is 3.61. The van der Waals surface area contributed by atoms with E-state index < -0.39 is 0 Å². The van der Waals surface area contributed by atoms with E-state index in [1.54, 1.807) is 19.2 Å². The molecule has 4 heteroatoms. The lowest BCUT2D eigenvalue weighted by Crippen LogP contribution is -2.03. The molecule has 1 rings (SSSR count). The zero-order valence-electron chi connectivity index (χ0n) is 8.00. The quantitative estimate of drug-likeness (QED) is 0.639. The van der Waals surface area contributed by atoms with Crippen LogP contribution in [0.3, 0.4) is 0 Å². The molecule has 0 saturated heterocycles. The van der Waals surface area contributed by atoms with Gasteiger partial charge in [-0.3, -0.25) is 4.79 Å². The maximum atomic E-state index is 11.4. The number of hydrogen-bond donors (Lipinski definition) is 1. The van der Waals surface area contributed by atoms with Gasteiger partial charge in [-0.2, -0.15) is 12.6 Å². The normalized spacial score (nSPS) is 10.0. The minimum Gasteiger partial charge on any atom is -0.495 e. The summed E-state index contributed by atoms with van der Waals surface area (Å²) in [5, 5.41) is 0.447. The number of rotatable bonds is 3. The fraction of sp³-hybridized carbons (Fsp3) is 0.300. The van der Waals surface area contributed by atoms with Gasteiger partial charge in [0.1, 0.15) is 5.75 Å². The predicted molar refractivity (Wildman–Crippen MR) is 60.9 cm³/mol. The second kappa shape index (κ2) is 4.71. The van der Waals surface area contributed by atoms with Crippen LogP contribution in [-0.4, -0.2) is 18.6 Å². The summed E-state index contributed by atoms with van der Waals surface area (Å²) in [5.41, 5.74) is 1.45. The fourth-order valence-corrected chi connectivity index (χ4v) is 1.61. The van der Waals surface area contributed by atoms with Crippen LogP contribution in [0, 0.1) is 6.92 Å². The van der Waals surface area contributed by atoms with Crippen LogP contribution in [0.4, 0.5) is 0 Å². The average molecular weight is 231 g/mol. The first-order chi connectivity index (χ1) is 6.60. The smallest absolute Gasteiger partial charge is 0.172 e. The molecule has 0 saturated carbocycles. The number of halogens is 1. The van der Waals surface area contributed by atoms with E-state index in [0.29, 0.717) is 16.3 Å². The van der Waals surface area contributed by atoms with Gasteiger partial charge in [-0.1, -0.05) is 11.6 Å². The van der Waals surface area contributed by atoms with Crippen molar-refractivity contribution in [3.63, 3.8) is 0 Å². The van der Waals surface area contributed by atoms with Crippen molar-refractivity contribution in [1.29, 1.82) is 0 Å². The first-order valence-corrected chi connectivity index (χ1v) is 5.09. The first-order valence-electron chi connectivity index (χ1n) is 4.08. The monoisotopic (exact) mass is 230 g/mol. The Morgan fingerprint density at radius 2 is 2.21 bits per heavy atom. The number of carbonyl (C=O) groups excluding carboxylic acids is 1. The van der Waals surface area contributed by atoms with E-state index in [2.05, 4.69) is 12.6 Å². The molecular weight excluding hydrogens is 220 g/mol. The van der Waals surface area contributed by atoms with E-state index in [1.807, 2.05) is 6.92 Å². The topological polar surface area (TPSA) is 26.3 Å². The molecule has 1 aromatic carbocycles. The molecular formula is C10H11ClO2S. The van der Waals surface area contributed by atoms with Crippen LogP contribution >= 0.6 is 24.2 Å². The highest BCUT2D eigenvalue weighted by Crippen LogP contribution is 2.28. The van der Waals surface area contributed by atoms with E-state index in [4.69, 9.17) is 16.3 Å². The van der Waals surface area contributed by atoms with E-state index in [-0.39, 0.29) is 11.5 Å². The number of methoxy groups -OCH3 is 1. The molecule has 0 fully saturated rings. The van der Waals surface area contributed by atoms with Crippen molar-refractivity contribution < 1.29 is 9.53 Å². The van der Waals surface area contributed by atoms with Crippen molar-refractivity contribution in [3.8, 4) is 5.75 Å². The zero-order valence-corrected chi connectivity index (χ0v) is 9.65. The molecule has 0 aliphatic carbocycles. The zero-order chi connectivity index (χ0) is 10.7. The minimum atomic E-state index is -0.0320. The molecule has 0 atom stereocenters. The van der Waals surface area contributed by atoms with E-state index in [9.17, 15) is 4.79 Å². The van der Waals surface area contributed by atoms with Gasteiger partial charge < -0.3 is 4.74 Å².